The minimum absolute atomic E-state index is 0.160. The number of ketones is 1. The molecule has 3 rings (SSSR count). The Morgan fingerprint density at radius 3 is 2.52 bits per heavy atom. The predicted molar refractivity (Wildman–Crippen MR) is 84.5 cm³/mol. The molecule has 0 saturated heterocycles. The number of carbonyl (C=O) groups excluding carboxylic acids is 1. The highest BCUT2D eigenvalue weighted by Gasteiger charge is 2.20. The average Bonchev–Trinajstić information content (AvgIpc) is 3.00. The fourth-order valence-corrected chi connectivity index (χ4v) is 2.29. The molecule has 0 bridgehead atoms. The number of nitrogens with two attached hydrogens (primary N) is 1. The Morgan fingerprint density at radius 1 is 1.17 bits per heavy atom. The van der Waals surface area contributed by atoms with Crippen LogP contribution in [0.4, 0.5) is 11.6 Å². The number of imidazole rings is 1. The Bertz CT molecular complexity index is 887. The highest BCUT2D eigenvalue weighted by atomic mass is 16.6. The standard InChI is InChI=1S/C16H12N4O3/c17-16-18-8-9-19(16)14-7-6-12(20(22)23)10-13(14)15(21)11-4-2-1-3-5-11/h1-10H,(H2,17,18). The normalized spacial score (nSPS) is 10.4. The van der Waals surface area contributed by atoms with E-state index in [4.69, 9.17) is 5.73 Å². The summed E-state index contributed by atoms with van der Waals surface area (Å²) in [6, 6.07) is 12.6. The van der Waals surface area contributed by atoms with E-state index in [1.165, 1.54) is 29.0 Å². The SMILES string of the molecule is Nc1nccn1-c1ccc([N+](=O)[O-])cc1C(=O)c1ccccc1. The van der Waals surface area contributed by atoms with E-state index in [2.05, 4.69) is 4.98 Å². The largest absolute Gasteiger partial charge is 0.369 e. The van der Waals surface area contributed by atoms with Crippen LogP contribution in [0.25, 0.3) is 5.69 Å². The van der Waals surface area contributed by atoms with Gasteiger partial charge in [-0.1, -0.05) is 30.3 Å². The van der Waals surface area contributed by atoms with E-state index in [9.17, 15) is 14.9 Å². The number of nitrogen functional groups attached to an aromatic ring is 1. The second kappa shape index (κ2) is 5.72. The van der Waals surface area contributed by atoms with E-state index in [-0.39, 0.29) is 23.0 Å². The van der Waals surface area contributed by atoms with Crippen molar-refractivity contribution in [1.29, 1.82) is 0 Å². The summed E-state index contributed by atoms with van der Waals surface area (Å²) >= 11 is 0. The number of hydrogen-bond acceptors (Lipinski definition) is 5. The van der Waals surface area contributed by atoms with Crippen molar-refractivity contribution in [2.45, 2.75) is 0 Å². The number of carbonyl (C=O) groups is 1. The van der Waals surface area contributed by atoms with E-state index in [0.717, 1.165) is 0 Å². The van der Waals surface area contributed by atoms with Gasteiger partial charge in [-0.15, -0.1) is 0 Å². The lowest BCUT2D eigenvalue weighted by Crippen LogP contribution is -2.09. The molecule has 2 aromatic carbocycles. The lowest BCUT2D eigenvalue weighted by molar-refractivity contribution is -0.384. The van der Waals surface area contributed by atoms with Crippen molar-refractivity contribution in [2.75, 3.05) is 5.73 Å². The molecule has 2 N–H and O–H groups in total. The molecule has 1 aromatic heterocycles. The maximum atomic E-state index is 12.8. The minimum atomic E-state index is -0.539. The molecule has 0 aliphatic heterocycles. The third-order valence-corrected chi connectivity index (χ3v) is 3.40. The Hall–Kier alpha value is -3.48. The second-order valence-electron chi connectivity index (χ2n) is 4.81. The number of aromatic nitrogens is 2. The van der Waals surface area contributed by atoms with E-state index >= 15 is 0 Å². The summed E-state index contributed by atoms with van der Waals surface area (Å²) in [5.41, 5.74) is 6.70. The first-order valence-electron chi connectivity index (χ1n) is 6.75. The van der Waals surface area contributed by atoms with Gasteiger partial charge < -0.3 is 5.73 Å². The van der Waals surface area contributed by atoms with Crippen molar-refractivity contribution >= 4 is 17.4 Å². The van der Waals surface area contributed by atoms with E-state index in [1.54, 1.807) is 36.5 Å². The Morgan fingerprint density at radius 2 is 1.91 bits per heavy atom. The summed E-state index contributed by atoms with van der Waals surface area (Å²) in [6.45, 7) is 0. The number of non-ortho nitro benzene ring substituents is 1. The van der Waals surface area contributed by atoms with Crippen LogP contribution in [0.1, 0.15) is 15.9 Å². The van der Waals surface area contributed by atoms with Gasteiger partial charge in [0.25, 0.3) is 5.69 Å². The number of anilines is 1. The van der Waals surface area contributed by atoms with Crippen LogP contribution in [0, 0.1) is 10.1 Å². The summed E-state index contributed by atoms with van der Waals surface area (Å²) < 4.78 is 1.51. The molecule has 0 fully saturated rings. The molecule has 23 heavy (non-hydrogen) atoms. The highest BCUT2D eigenvalue weighted by Crippen LogP contribution is 2.25. The van der Waals surface area contributed by atoms with Crippen LogP contribution in [-0.4, -0.2) is 20.3 Å². The topological polar surface area (TPSA) is 104 Å². The van der Waals surface area contributed by atoms with Crippen LogP contribution in [0.3, 0.4) is 0 Å². The van der Waals surface area contributed by atoms with Crippen LogP contribution in [-0.2, 0) is 0 Å². The van der Waals surface area contributed by atoms with Gasteiger partial charge in [-0.3, -0.25) is 19.5 Å². The first-order valence-corrected chi connectivity index (χ1v) is 6.75. The third-order valence-electron chi connectivity index (χ3n) is 3.40. The molecule has 0 radical (unpaired) electrons. The van der Waals surface area contributed by atoms with Gasteiger partial charge >= 0.3 is 0 Å². The number of nitrogens with zero attached hydrogens (tertiary/aromatic N) is 3. The molecule has 3 aromatic rings. The van der Waals surface area contributed by atoms with E-state index in [1.807, 2.05) is 0 Å². The molecule has 0 aliphatic rings. The van der Waals surface area contributed by atoms with Gasteiger partial charge in [-0.25, -0.2) is 4.98 Å². The van der Waals surface area contributed by atoms with Crippen molar-refractivity contribution < 1.29 is 9.72 Å². The number of hydrogen-bond donors (Lipinski definition) is 1. The van der Waals surface area contributed by atoms with Crippen molar-refractivity contribution in [3.8, 4) is 5.69 Å². The molecule has 0 amide bonds. The molecule has 0 saturated carbocycles. The molecule has 114 valence electrons. The number of nitro groups is 1. The van der Waals surface area contributed by atoms with Gasteiger partial charge in [-0.2, -0.15) is 0 Å². The number of nitro benzene ring substituents is 1. The van der Waals surface area contributed by atoms with Crippen LogP contribution >= 0.6 is 0 Å². The highest BCUT2D eigenvalue weighted by molar-refractivity contribution is 6.11. The molecular weight excluding hydrogens is 296 g/mol. The zero-order valence-electron chi connectivity index (χ0n) is 11.9. The maximum absolute atomic E-state index is 12.8. The summed E-state index contributed by atoms with van der Waals surface area (Å²) in [6.07, 6.45) is 3.09. The molecule has 1 heterocycles. The summed E-state index contributed by atoms with van der Waals surface area (Å²) in [7, 11) is 0. The van der Waals surface area contributed by atoms with Gasteiger partial charge in [0.15, 0.2) is 5.78 Å². The van der Waals surface area contributed by atoms with Crippen LogP contribution < -0.4 is 5.73 Å². The van der Waals surface area contributed by atoms with Gasteiger partial charge in [0.1, 0.15) is 0 Å². The van der Waals surface area contributed by atoms with Crippen molar-refractivity contribution in [1.82, 2.24) is 9.55 Å². The van der Waals surface area contributed by atoms with E-state index in [0.29, 0.717) is 11.3 Å². The molecule has 7 nitrogen and oxygen atoms in total. The van der Waals surface area contributed by atoms with Gasteiger partial charge in [0, 0.05) is 30.1 Å². The van der Waals surface area contributed by atoms with E-state index < -0.39 is 4.92 Å². The van der Waals surface area contributed by atoms with Crippen LogP contribution in [0.2, 0.25) is 0 Å². The smallest absolute Gasteiger partial charge is 0.270 e. The molecule has 0 spiro atoms. The second-order valence-corrected chi connectivity index (χ2v) is 4.81. The quantitative estimate of drug-likeness (QED) is 0.453. The summed E-state index contributed by atoms with van der Waals surface area (Å²) in [5, 5.41) is 11.0. The lowest BCUT2D eigenvalue weighted by Gasteiger charge is -2.11. The Kier molecular flexibility index (Phi) is 3.60. The summed E-state index contributed by atoms with van der Waals surface area (Å²) in [5.74, 6) is -0.127. The molecule has 7 heteroatoms. The Balaban J connectivity index is 2.20. The molecular formula is C16H12N4O3. The number of benzene rings is 2. The zero-order chi connectivity index (χ0) is 16.4. The van der Waals surface area contributed by atoms with Crippen LogP contribution in [0.5, 0.6) is 0 Å². The molecule has 0 atom stereocenters. The lowest BCUT2D eigenvalue weighted by atomic mass is 10.0. The maximum Gasteiger partial charge on any atom is 0.270 e. The predicted octanol–water partition coefficient (Wildman–Crippen LogP) is 2.59. The van der Waals surface area contributed by atoms with Gasteiger partial charge in [0.05, 0.1) is 16.2 Å². The fraction of sp³-hybridized carbons (Fsp3) is 0. The zero-order valence-corrected chi connectivity index (χ0v) is 11.9. The number of rotatable bonds is 4. The first kappa shape index (κ1) is 14.5. The molecule has 0 unspecified atom stereocenters. The fourth-order valence-electron chi connectivity index (χ4n) is 2.29. The van der Waals surface area contributed by atoms with Gasteiger partial charge in [-0.05, 0) is 6.07 Å². The van der Waals surface area contributed by atoms with Crippen molar-refractivity contribution in [2.24, 2.45) is 0 Å². The minimum Gasteiger partial charge on any atom is -0.369 e. The van der Waals surface area contributed by atoms with Crippen molar-refractivity contribution in [3.05, 3.63) is 82.2 Å². The average molecular weight is 308 g/mol. The first-order chi connectivity index (χ1) is 11.1. The van der Waals surface area contributed by atoms with Crippen LogP contribution in [0.15, 0.2) is 60.9 Å². The molecule has 0 aliphatic carbocycles. The summed E-state index contributed by atoms with van der Waals surface area (Å²) in [4.78, 5) is 27.2. The third kappa shape index (κ3) is 2.67. The van der Waals surface area contributed by atoms with Crippen molar-refractivity contribution in [3.63, 3.8) is 0 Å². The Labute approximate surface area is 131 Å². The monoisotopic (exact) mass is 308 g/mol. The van der Waals surface area contributed by atoms with Gasteiger partial charge in [0.2, 0.25) is 5.95 Å².